The number of nitrogens with zero attached hydrogens (tertiary/aromatic N) is 3. The summed E-state index contributed by atoms with van der Waals surface area (Å²) >= 11 is 0. The van der Waals surface area contributed by atoms with Crippen LogP contribution in [0.2, 0.25) is 0 Å². The number of piperidine rings is 1. The second kappa shape index (κ2) is 6.96. The topological polar surface area (TPSA) is 58.1 Å². The highest BCUT2D eigenvalue weighted by Crippen LogP contribution is 2.52. The predicted molar refractivity (Wildman–Crippen MR) is 108 cm³/mol. The average Bonchev–Trinajstić information content (AvgIpc) is 2.88. The third kappa shape index (κ3) is 2.84. The van der Waals surface area contributed by atoms with Crippen molar-refractivity contribution in [2.75, 3.05) is 0 Å². The van der Waals surface area contributed by atoms with Crippen LogP contribution in [0.5, 0.6) is 0 Å². The first-order valence-corrected chi connectivity index (χ1v) is 10.6. The lowest BCUT2D eigenvalue weighted by atomic mass is 9.70. The van der Waals surface area contributed by atoms with Crippen LogP contribution in [0.3, 0.4) is 0 Å². The zero-order valence-electron chi connectivity index (χ0n) is 16.4. The van der Waals surface area contributed by atoms with Crippen molar-refractivity contribution in [3.05, 3.63) is 59.9 Å². The smallest absolute Gasteiger partial charge is 0.256 e. The Morgan fingerprint density at radius 2 is 2.00 bits per heavy atom. The highest BCUT2D eigenvalue weighted by molar-refractivity contribution is 5.94. The van der Waals surface area contributed by atoms with Crippen LogP contribution in [-0.2, 0) is 6.42 Å². The molecule has 0 spiro atoms. The molecule has 3 heterocycles. The van der Waals surface area contributed by atoms with Crippen LogP contribution >= 0.6 is 0 Å². The van der Waals surface area contributed by atoms with E-state index < -0.39 is 0 Å². The minimum Gasteiger partial charge on any atom is -0.330 e. The Morgan fingerprint density at radius 3 is 2.79 bits per heavy atom. The van der Waals surface area contributed by atoms with Crippen LogP contribution in [0, 0.1) is 5.41 Å². The number of amides is 1. The Hall–Kier alpha value is -2.27. The Labute approximate surface area is 166 Å². The summed E-state index contributed by atoms with van der Waals surface area (Å²) in [5.41, 5.74) is 2.15. The molecule has 2 aromatic rings. The molecular weight excluding hydrogens is 348 g/mol. The van der Waals surface area contributed by atoms with Crippen molar-refractivity contribution in [1.82, 2.24) is 20.4 Å². The fourth-order valence-corrected chi connectivity index (χ4v) is 5.99. The largest absolute Gasteiger partial charge is 0.330 e. The highest BCUT2D eigenvalue weighted by Gasteiger charge is 2.60. The number of nitrogens with one attached hydrogen (secondary N) is 1. The minimum absolute atomic E-state index is 0.121. The molecule has 5 atom stereocenters. The monoisotopic (exact) mass is 376 g/mol. The van der Waals surface area contributed by atoms with Crippen molar-refractivity contribution in [3.8, 4) is 0 Å². The number of benzene rings is 1. The van der Waals surface area contributed by atoms with Crippen molar-refractivity contribution in [1.29, 1.82) is 0 Å². The molecule has 3 aliphatic rings. The quantitative estimate of drug-likeness (QED) is 0.894. The number of likely N-dealkylation sites (tertiary alicyclic amines) is 1. The van der Waals surface area contributed by atoms with Crippen LogP contribution in [0.15, 0.2) is 48.8 Å². The summed E-state index contributed by atoms with van der Waals surface area (Å²) in [5, 5.41) is 11.8. The highest BCUT2D eigenvalue weighted by atomic mass is 16.2. The van der Waals surface area contributed by atoms with Gasteiger partial charge < -0.3 is 10.2 Å². The van der Waals surface area contributed by atoms with E-state index in [0.717, 1.165) is 19.3 Å². The maximum atomic E-state index is 13.6. The van der Waals surface area contributed by atoms with Gasteiger partial charge in [-0.1, -0.05) is 50.1 Å². The molecule has 3 fully saturated rings. The first-order valence-electron chi connectivity index (χ1n) is 10.6. The molecule has 5 rings (SSSR count). The standard InChI is InChI=1S/C23H28N4O/c1-23-14-19-18(13-16-7-3-2-4-8-16)26-20(23)9-5-6-10-21(23)27(19)22(28)17-11-12-24-25-15-17/h2-4,7-8,11-12,15,18-21,26H,5-6,9-10,13-14H2,1H3/t18-,19+,20-,21+,23-/m1/s1. The van der Waals surface area contributed by atoms with Gasteiger partial charge in [0, 0.05) is 29.6 Å². The first-order chi connectivity index (χ1) is 13.7. The van der Waals surface area contributed by atoms with E-state index in [1.54, 1.807) is 18.5 Å². The second-order valence-corrected chi connectivity index (χ2v) is 8.94. The van der Waals surface area contributed by atoms with E-state index in [4.69, 9.17) is 0 Å². The molecular formula is C23H28N4O. The fraction of sp³-hybridized carbons (Fsp3) is 0.522. The van der Waals surface area contributed by atoms with Gasteiger partial charge in [0.2, 0.25) is 0 Å². The predicted octanol–water partition coefficient (Wildman–Crippen LogP) is 3.22. The fourth-order valence-electron chi connectivity index (χ4n) is 5.99. The maximum absolute atomic E-state index is 13.6. The van der Waals surface area contributed by atoms with Gasteiger partial charge in [-0.25, -0.2) is 0 Å². The summed E-state index contributed by atoms with van der Waals surface area (Å²) in [4.78, 5) is 15.8. The van der Waals surface area contributed by atoms with Crippen LogP contribution in [0.4, 0.5) is 0 Å². The molecule has 1 aliphatic carbocycles. The third-order valence-corrected chi connectivity index (χ3v) is 7.36. The minimum atomic E-state index is 0.121. The van der Waals surface area contributed by atoms with Crippen LogP contribution in [0.25, 0.3) is 0 Å². The molecule has 1 aromatic carbocycles. The molecule has 1 aromatic heterocycles. The molecule has 0 unspecified atom stereocenters. The second-order valence-electron chi connectivity index (χ2n) is 8.94. The summed E-state index contributed by atoms with van der Waals surface area (Å²) in [7, 11) is 0. The number of hydrogen-bond acceptors (Lipinski definition) is 4. The van der Waals surface area contributed by atoms with E-state index in [0.29, 0.717) is 23.7 Å². The molecule has 0 radical (unpaired) electrons. The number of carbonyl (C=O) groups excluding carboxylic acids is 1. The van der Waals surface area contributed by atoms with Crippen molar-refractivity contribution in [2.24, 2.45) is 5.41 Å². The molecule has 1 amide bonds. The Morgan fingerprint density at radius 1 is 1.18 bits per heavy atom. The van der Waals surface area contributed by atoms with E-state index >= 15 is 0 Å². The lowest BCUT2D eigenvalue weighted by Crippen LogP contribution is -2.57. The van der Waals surface area contributed by atoms with Gasteiger partial charge in [-0.3, -0.25) is 4.79 Å². The molecule has 1 N–H and O–H groups in total. The average molecular weight is 377 g/mol. The van der Waals surface area contributed by atoms with Crippen LogP contribution < -0.4 is 5.32 Å². The molecule has 2 bridgehead atoms. The van der Waals surface area contributed by atoms with E-state index in [1.165, 1.54) is 24.8 Å². The molecule has 5 heteroatoms. The summed E-state index contributed by atoms with van der Waals surface area (Å²) in [5.74, 6) is 0.121. The molecule has 2 saturated heterocycles. The molecule has 146 valence electrons. The molecule has 1 saturated carbocycles. The summed E-state index contributed by atoms with van der Waals surface area (Å²) < 4.78 is 0. The van der Waals surface area contributed by atoms with Gasteiger partial charge in [-0.05, 0) is 37.3 Å². The van der Waals surface area contributed by atoms with Crippen LogP contribution in [-0.4, -0.2) is 45.2 Å². The lowest BCUT2D eigenvalue weighted by molar-refractivity contribution is 0.0611. The molecule has 2 aliphatic heterocycles. The Bertz CT molecular complexity index is 842. The van der Waals surface area contributed by atoms with Crippen molar-refractivity contribution in [3.63, 3.8) is 0 Å². The van der Waals surface area contributed by atoms with Crippen molar-refractivity contribution >= 4 is 5.91 Å². The number of rotatable bonds is 3. The number of hydrogen-bond donors (Lipinski definition) is 1. The van der Waals surface area contributed by atoms with E-state index in [1.807, 2.05) is 0 Å². The van der Waals surface area contributed by atoms with Gasteiger partial charge in [0.25, 0.3) is 5.91 Å². The number of aromatic nitrogens is 2. The Balaban J connectivity index is 1.52. The van der Waals surface area contributed by atoms with E-state index in [2.05, 4.69) is 57.7 Å². The zero-order valence-corrected chi connectivity index (χ0v) is 16.4. The summed E-state index contributed by atoms with van der Waals surface area (Å²) in [6.45, 7) is 2.41. The van der Waals surface area contributed by atoms with Crippen molar-refractivity contribution in [2.45, 2.75) is 69.6 Å². The Kier molecular flexibility index (Phi) is 4.43. The SMILES string of the molecule is C[C@@]12C[C@H]3[C@@H](Cc4ccccc4)N[C@@H]1CCCC[C@@H]2N3C(=O)c1ccnnc1. The summed E-state index contributed by atoms with van der Waals surface area (Å²) in [6.07, 6.45) is 10.0. The van der Waals surface area contributed by atoms with Crippen LogP contribution in [0.1, 0.15) is 54.9 Å². The molecule has 5 nitrogen and oxygen atoms in total. The van der Waals surface area contributed by atoms with Gasteiger partial charge in [-0.15, -0.1) is 0 Å². The molecule has 28 heavy (non-hydrogen) atoms. The third-order valence-electron chi connectivity index (χ3n) is 7.36. The van der Waals surface area contributed by atoms with Gasteiger partial charge in [-0.2, -0.15) is 10.2 Å². The summed E-state index contributed by atoms with van der Waals surface area (Å²) in [6, 6.07) is 13.8. The van der Waals surface area contributed by atoms with Crippen molar-refractivity contribution < 1.29 is 4.79 Å². The lowest BCUT2D eigenvalue weighted by Gasteiger charge is -2.43. The maximum Gasteiger partial charge on any atom is 0.256 e. The first kappa shape index (κ1) is 17.8. The zero-order chi connectivity index (χ0) is 19.1. The van der Waals surface area contributed by atoms with Gasteiger partial charge in [0.15, 0.2) is 0 Å². The van der Waals surface area contributed by atoms with Gasteiger partial charge in [0.1, 0.15) is 0 Å². The number of fused-ring (bicyclic) bond motifs is 1. The number of carbonyl (C=O) groups is 1. The van der Waals surface area contributed by atoms with E-state index in [9.17, 15) is 4.79 Å². The normalized spacial score (nSPS) is 34.1. The van der Waals surface area contributed by atoms with Gasteiger partial charge in [0.05, 0.1) is 18.0 Å². The van der Waals surface area contributed by atoms with E-state index in [-0.39, 0.29) is 17.4 Å². The van der Waals surface area contributed by atoms with Gasteiger partial charge >= 0.3 is 0 Å².